The van der Waals surface area contributed by atoms with Gasteiger partial charge in [0, 0.05) is 32.5 Å². The summed E-state index contributed by atoms with van der Waals surface area (Å²) in [7, 11) is 8.90. The predicted molar refractivity (Wildman–Crippen MR) is 83.2 cm³/mol. The number of rotatable bonds is 5. The molecule has 5 nitrogen and oxygen atoms in total. The number of halogens is 2. The summed E-state index contributed by atoms with van der Waals surface area (Å²) in [5.74, 6) is -0.112. The molecular formula is C13H16Cl2O5S. The topological polar surface area (TPSA) is 69.7 Å². The first-order valence-electron chi connectivity index (χ1n) is 5.90. The first-order chi connectivity index (χ1) is 9.83. The van der Waals surface area contributed by atoms with Crippen LogP contribution in [0.25, 0.3) is 0 Å². The van der Waals surface area contributed by atoms with Crippen LogP contribution in [0.1, 0.15) is 29.3 Å². The van der Waals surface area contributed by atoms with E-state index in [1.165, 1.54) is 0 Å². The second-order valence-electron chi connectivity index (χ2n) is 3.72. The third-order valence-electron chi connectivity index (χ3n) is 2.41. The maximum Gasteiger partial charge on any atom is 0.313 e. The molecule has 0 unspecified atom stereocenters. The van der Waals surface area contributed by atoms with Crippen molar-refractivity contribution in [2.24, 2.45) is 0 Å². The molecule has 0 atom stereocenters. The molecule has 0 saturated heterocycles. The van der Waals surface area contributed by atoms with Crippen LogP contribution in [0.3, 0.4) is 0 Å². The van der Waals surface area contributed by atoms with E-state index in [4.69, 9.17) is 13.7 Å². The second kappa shape index (κ2) is 10.6. The van der Waals surface area contributed by atoms with Gasteiger partial charge in [-0.2, -0.15) is 0 Å². The zero-order chi connectivity index (χ0) is 16.4. The number of hydrogen-bond acceptors (Lipinski definition) is 5. The van der Waals surface area contributed by atoms with E-state index < -0.39 is 15.2 Å². The highest BCUT2D eigenvalue weighted by molar-refractivity contribution is 8.26. The van der Waals surface area contributed by atoms with Gasteiger partial charge in [-0.05, 0) is 19.9 Å². The molecule has 0 aliphatic rings. The minimum Gasteiger partial charge on any atom is -0.496 e. The van der Waals surface area contributed by atoms with Crippen molar-refractivity contribution < 1.29 is 23.3 Å². The third kappa shape index (κ3) is 8.04. The molecule has 1 rings (SSSR count). The summed E-state index contributed by atoms with van der Waals surface area (Å²) < 4.78 is 18.9. The van der Waals surface area contributed by atoms with Crippen LogP contribution in [0.2, 0.25) is 0 Å². The van der Waals surface area contributed by atoms with Crippen LogP contribution in [0.5, 0.6) is 5.75 Å². The number of carbonyl (C=O) groups excluding carboxylic acids is 2. The number of methoxy groups -OCH3 is 1. The minimum atomic E-state index is -1.67. The van der Waals surface area contributed by atoms with Gasteiger partial charge < -0.3 is 9.47 Å². The lowest BCUT2D eigenvalue weighted by molar-refractivity contribution is -0.141. The lowest BCUT2D eigenvalue weighted by Crippen LogP contribution is -2.12. The average Bonchev–Trinajstić information content (AvgIpc) is 2.38. The minimum absolute atomic E-state index is 0.234. The number of hydrogen-bond donors (Lipinski definition) is 0. The molecular weight excluding hydrogens is 339 g/mol. The number of ether oxygens (including phenoxy) is 2. The van der Waals surface area contributed by atoms with Crippen molar-refractivity contribution >= 4 is 42.3 Å². The van der Waals surface area contributed by atoms with Gasteiger partial charge >= 0.3 is 5.97 Å². The predicted octanol–water partition coefficient (Wildman–Crippen LogP) is 3.18. The van der Waals surface area contributed by atoms with Gasteiger partial charge in [-0.3, -0.25) is 9.59 Å². The smallest absolute Gasteiger partial charge is 0.313 e. The molecule has 0 spiro atoms. The molecule has 0 saturated carbocycles. The molecule has 0 fully saturated rings. The molecule has 0 bridgehead atoms. The Bertz CT molecular complexity index is 515. The first kappa shape index (κ1) is 19.9. The van der Waals surface area contributed by atoms with Crippen LogP contribution in [0.15, 0.2) is 18.2 Å². The Morgan fingerprint density at radius 3 is 2.33 bits per heavy atom. The summed E-state index contributed by atoms with van der Waals surface area (Å²) >= 11 is 0. The van der Waals surface area contributed by atoms with E-state index >= 15 is 0 Å². The van der Waals surface area contributed by atoms with Crippen LogP contribution in [-0.2, 0) is 18.8 Å². The zero-order valence-electron chi connectivity index (χ0n) is 11.9. The molecule has 1 aromatic rings. The Balaban J connectivity index is 0.000000885. The highest BCUT2D eigenvalue weighted by Gasteiger charge is 2.16. The molecule has 0 aromatic heterocycles. The van der Waals surface area contributed by atoms with E-state index in [-0.39, 0.29) is 18.8 Å². The maximum atomic E-state index is 11.9. The van der Waals surface area contributed by atoms with Crippen molar-refractivity contribution in [1.29, 1.82) is 0 Å². The molecule has 0 amide bonds. The Morgan fingerprint density at radius 1 is 1.29 bits per heavy atom. The Labute approximate surface area is 135 Å². The van der Waals surface area contributed by atoms with Gasteiger partial charge in [0.1, 0.15) is 12.2 Å². The van der Waals surface area contributed by atoms with E-state index in [0.29, 0.717) is 11.3 Å². The van der Waals surface area contributed by atoms with Crippen molar-refractivity contribution in [2.45, 2.75) is 20.3 Å². The second-order valence-corrected chi connectivity index (χ2v) is 6.25. The van der Waals surface area contributed by atoms with Gasteiger partial charge in [0.25, 0.3) is 0 Å². The monoisotopic (exact) mass is 354 g/mol. The molecule has 0 heterocycles. The van der Waals surface area contributed by atoms with Crippen molar-refractivity contribution in [3.63, 3.8) is 0 Å². The molecule has 0 radical (unpaired) electrons. The molecule has 118 valence electrons. The molecule has 0 N–H and O–H groups in total. The van der Waals surface area contributed by atoms with Crippen molar-refractivity contribution in [2.75, 3.05) is 13.7 Å². The standard InChI is InChI=1S/C13H16O4.Cl2OS/c1-4-17-13(15)8-11(14)10-6-5-7-12(16-3)9(10)2;1-4(2)3/h5-7H,4,8H2,1-3H3;. The van der Waals surface area contributed by atoms with Gasteiger partial charge in [0.05, 0.1) is 13.7 Å². The summed E-state index contributed by atoms with van der Waals surface area (Å²) in [6, 6.07) is 5.18. The maximum absolute atomic E-state index is 11.9. The Morgan fingerprint density at radius 2 is 1.86 bits per heavy atom. The quantitative estimate of drug-likeness (QED) is 0.351. The van der Waals surface area contributed by atoms with Gasteiger partial charge in [0.15, 0.2) is 5.78 Å². The van der Waals surface area contributed by atoms with Crippen molar-refractivity contribution in [3.05, 3.63) is 29.3 Å². The molecule has 0 aliphatic carbocycles. The van der Waals surface area contributed by atoms with E-state index in [1.54, 1.807) is 39.2 Å². The Hall–Kier alpha value is -1.11. The summed E-state index contributed by atoms with van der Waals surface area (Å²) in [6.45, 7) is 3.78. The lowest BCUT2D eigenvalue weighted by atomic mass is 10.0. The van der Waals surface area contributed by atoms with E-state index in [9.17, 15) is 9.59 Å². The van der Waals surface area contributed by atoms with Crippen molar-refractivity contribution in [3.8, 4) is 5.75 Å². The number of esters is 1. The summed E-state index contributed by atoms with van der Waals surface area (Å²) in [5, 5.41) is 0. The normalized spacial score (nSPS) is 9.62. The molecule has 0 aliphatic heterocycles. The number of carbonyl (C=O) groups is 2. The zero-order valence-corrected chi connectivity index (χ0v) is 14.2. The lowest BCUT2D eigenvalue weighted by Gasteiger charge is -2.09. The number of benzene rings is 1. The third-order valence-corrected chi connectivity index (χ3v) is 2.41. The molecule has 1 aromatic carbocycles. The van der Waals surface area contributed by atoms with Gasteiger partial charge in [0.2, 0.25) is 9.23 Å². The van der Waals surface area contributed by atoms with Crippen LogP contribution in [-0.4, -0.2) is 29.7 Å². The first-order valence-corrected chi connectivity index (χ1v) is 8.70. The van der Waals surface area contributed by atoms with Gasteiger partial charge in [-0.25, -0.2) is 4.21 Å². The summed E-state index contributed by atoms with van der Waals surface area (Å²) in [6.07, 6.45) is -0.234. The van der Waals surface area contributed by atoms with Gasteiger partial charge in [-0.1, -0.05) is 12.1 Å². The average molecular weight is 355 g/mol. The van der Waals surface area contributed by atoms with Crippen LogP contribution >= 0.6 is 21.4 Å². The fourth-order valence-electron chi connectivity index (χ4n) is 1.58. The largest absolute Gasteiger partial charge is 0.496 e. The number of Topliss-reactive ketones (excluding diaryl/α,β-unsaturated/α-hetero) is 1. The fraction of sp³-hybridized carbons (Fsp3) is 0.385. The molecule has 8 heteroatoms. The fourth-order valence-corrected chi connectivity index (χ4v) is 1.58. The van der Waals surface area contributed by atoms with Crippen LogP contribution in [0.4, 0.5) is 0 Å². The Kier molecular flexibility index (Phi) is 10.0. The van der Waals surface area contributed by atoms with Crippen LogP contribution < -0.4 is 4.74 Å². The van der Waals surface area contributed by atoms with Crippen molar-refractivity contribution in [1.82, 2.24) is 0 Å². The summed E-state index contributed by atoms with van der Waals surface area (Å²) in [4.78, 5) is 23.1. The summed E-state index contributed by atoms with van der Waals surface area (Å²) in [5.41, 5.74) is 1.24. The van der Waals surface area contributed by atoms with E-state index in [1.807, 2.05) is 0 Å². The number of ketones is 1. The van der Waals surface area contributed by atoms with E-state index in [2.05, 4.69) is 21.4 Å². The highest BCUT2D eigenvalue weighted by Crippen LogP contribution is 2.22. The van der Waals surface area contributed by atoms with Gasteiger partial charge in [-0.15, -0.1) is 0 Å². The highest BCUT2D eigenvalue weighted by atomic mass is 36.0. The molecule has 21 heavy (non-hydrogen) atoms. The SMILES string of the molecule is CCOC(=O)CC(=O)c1cccc(OC)c1C.O=S(Cl)Cl. The van der Waals surface area contributed by atoms with E-state index in [0.717, 1.165) is 5.56 Å². The van der Waals surface area contributed by atoms with Crippen LogP contribution in [0, 0.1) is 6.92 Å².